The van der Waals surface area contributed by atoms with Gasteiger partial charge in [0.25, 0.3) is 5.91 Å². The van der Waals surface area contributed by atoms with Crippen LogP contribution in [0.5, 0.6) is 5.75 Å². The van der Waals surface area contributed by atoms with E-state index in [-0.39, 0.29) is 17.7 Å². The number of carbonyl (C=O) groups is 2. The maximum atomic E-state index is 13.3. The number of amides is 1. The Balaban J connectivity index is 2.86. The number of benzene rings is 1. The van der Waals surface area contributed by atoms with Gasteiger partial charge in [0.15, 0.2) is 0 Å². The second-order valence-corrected chi connectivity index (χ2v) is 3.44. The van der Waals surface area contributed by atoms with Gasteiger partial charge in [0.2, 0.25) is 0 Å². The van der Waals surface area contributed by atoms with E-state index in [1.54, 1.807) is 6.92 Å². The number of phenols is 1. The first-order chi connectivity index (χ1) is 7.95. The summed E-state index contributed by atoms with van der Waals surface area (Å²) < 4.78 is 13.3. The Hall–Kier alpha value is -2.11. The van der Waals surface area contributed by atoms with Crippen LogP contribution in [0.1, 0.15) is 23.7 Å². The number of hydrogen-bond acceptors (Lipinski definition) is 3. The Labute approximate surface area is 96.9 Å². The number of nitrogens with one attached hydrogen (secondary N) is 1. The summed E-state index contributed by atoms with van der Waals surface area (Å²) >= 11 is 0. The van der Waals surface area contributed by atoms with Crippen LogP contribution < -0.4 is 5.32 Å². The summed E-state index contributed by atoms with van der Waals surface area (Å²) in [6, 6.07) is 1.97. The van der Waals surface area contributed by atoms with Gasteiger partial charge in [-0.15, -0.1) is 0 Å². The first-order valence-corrected chi connectivity index (χ1v) is 4.98. The van der Waals surface area contributed by atoms with Crippen LogP contribution in [0.25, 0.3) is 0 Å². The summed E-state index contributed by atoms with van der Waals surface area (Å²) in [6.07, 6.45) is 0.195. The van der Waals surface area contributed by atoms with E-state index in [1.807, 2.05) is 0 Å². The van der Waals surface area contributed by atoms with Crippen molar-refractivity contribution >= 4 is 11.9 Å². The Morgan fingerprint density at radius 2 is 2.12 bits per heavy atom. The normalized spacial score (nSPS) is 11.9. The van der Waals surface area contributed by atoms with Crippen molar-refractivity contribution in [1.29, 1.82) is 0 Å². The van der Waals surface area contributed by atoms with Gasteiger partial charge in [-0.1, -0.05) is 6.92 Å². The third-order valence-corrected chi connectivity index (χ3v) is 2.21. The van der Waals surface area contributed by atoms with Gasteiger partial charge in [0, 0.05) is 6.07 Å². The molecule has 0 aliphatic heterocycles. The van der Waals surface area contributed by atoms with E-state index in [4.69, 9.17) is 10.2 Å². The van der Waals surface area contributed by atoms with E-state index in [0.717, 1.165) is 18.2 Å². The molecule has 6 heteroatoms. The molecule has 92 valence electrons. The molecule has 1 rings (SSSR count). The summed E-state index contributed by atoms with van der Waals surface area (Å²) in [4.78, 5) is 22.2. The highest BCUT2D eigenvalue weighted by atomic mass is 19.1. The number of phenolic OH excluding ortho intramolecular Hbond substituents is 1. The van der Waals surface area contributed by atoms with Crippen LogP contribution in [-0.4, -0.2) is 28.1 Å². The molecule has 17 heavy (non-hydrogen) atoms. The van der Waals surface area contributed by atoms with Crippen LogP contribution in [0.15, 0.2) is 18.2 Å². The van der Waals surface area contributed by atoms with Gasteiger partial charge in [-0.3, -0.25) is 4.79 Å². The average Bonchev–Trinajstić information content (AvgIpc) is 2.24. The third-order valence-electron chi connectivity index (χ3n) is 2.21. The first-order valence-electron chi connectivity index (χ1n) is 4.98. The predicted octanol–water partition coefficient (Wildman–Crippen LogP) is 1.12. The van der Waals surface area contributed by atoms with Gasteiger partial charge in [-0.05, 0) is 18.6 Å². The van der Waals surface area contributed by atoms with Crippen molar-refractivity contribution in [2.75, 3.05) is 0 Å². The topological polar surface area (TPSA) is 86.6 Å². The zero-order valence-electron chi connectivity index (χ0n) is 9.11. The van der Waals surface area contributed by atoms with E-state index in [0.29, 0.717) is 0 Å². The maximum Gasteiger partial charge on any atom is 0.326 e. The zero-order chi connectivity index (χ0) is 13.0. The molecular weight excluding hydrogens is 229 g/mol. The van der Waals surface area contributed by atoms with Gasteiger partial charge in [0.05, 0.1) is 5.56 Å². The number of rotatable bonds is 4. The minimum atomic E-state index is -1.18. The smallest absolute Gasteiger partial charge is 0.326 e. The lowest BCUT2D eigenvalue weighted by Crippen LogP contribution is -2.40. The van der Waals surface area contributed by atoms with Gasteiger partial charge in [-0.25, -0.2) is 9.18 Å². The highest BCUT2D eigenvalue weighted by Gasteiger charge is 2.20. The summed E-state index contributed by atoms with van der Waals surface area (Å²) in [5, 5.41) is 19.9. The Kier molecular flexibility index (Phi) is 4.03. The molecular formula is C11H12FNO4. The number of carboxylic acids is 1. The lowest BCUT2D eigenvalue weighted by Gasteiger charge is -2.12. The molecule has 0 bridgehead atoms. The van der Waals surface area contributed by atoms with Crippen LogP contribution in [0.3, 0.4) is 0 Å². The second kappa shape index (κ2) is 5.29. The van der Waals surface area contributed by atoms with E-state index < -0.39 is 23.7 Å². The lowest BCUT2D eigenvalue weighted by atomic mass is 10.1. The SMILES string of the molecule is CC[C@H](NC(=O)c1ccc(O)cc1F)C(=O)O. The number of aromatic hydroxyl groups is 1. The number of carbonyl (C=O) groups excluding carboxylic acids is 1. The van der Waals surface area contributed by atoms with Gasteiger partial charge < -0.3 is 15.5 Å². The fraction of sp³-hybridized carbons (Fsp3) is 0.273. The molecule has 0 aliphatic carbocycles. The van der Waals surface area contributed by atoms with E-state index >= 15 is 0 Å². The summed E-state index contributed by atoms with van der Waals surface area (Å²) in [7, 11) is 0. The van der Waals surface area contributed by atoms with Crippen molar-refractivity contribution in [2.24, 2.45) is 0 Å². The summed E-state index contributed by atoms with van der Waals surface area (Å²) in [5.74, 6) is -3.20. The molecule has 1 aromatic carbocycles. The lowest BCUT2D eigenvalue weighted by molar-refractivity contribution is -0.139. The van der Waals surface area contributed by atoms with Gasteiger partial charge in [-0.2, -0.15) is 0 Å². The summed E-state index contributed by atoms with van der Waals surface area (Å²) in [5.41, 5.74) is -0.303. The number of aliphatic carboxylic acids is 1. The second-order valence-electron chi connectivity index (χ2n) is 3.44. The fourth-order valence-electron chi connectivity index (χ4n) is 1.26. The molecule has 0 saturated carbocycles. The van der Waals surface area contributed by atoms with Gasteiger partial charge >= 0.3 is 5.97 Å². The predicted molar refractivity (Wildman–Crippen MR) is 57.2 cm³/mol. The van der Waals surface area contributed by atoms with Crippen molar-refractivity contribution in [1.82, 2.24) is 5.32 Å². The minimum Gasteiger partial charge on any atom is -0.508 e. The third kappa shape index (κ3) is 3.17. The molecule has 0 aliphatic rings. The minimum absolute atomic E-state index is 0.195. The molecule has 0 spiro atoms. The monoisotopic (exact) mass is 241 g/mol. The molecule has 0 unspecified atom stereocenters. The number of halogens is 1. The number of carboxylic acid groups (broad SMARTS) is 1. The molecule has 1 amide bonds. The van der Waals surface area contributed by atoms with Crippen molar-refractivity contribution in [2.45, 2.75) is 19.4 Å². The maximum absolute atomic E-state index is 13.3. The van der Waals surface area contributed by atoms with Crippen molar-refractivity contribution in [3.8, 4) is 5.75 Å². The first kappa shape index (κ1) is 13.0. The van der Waals surface area contributed by atoms with Crippen LogP contribution in [0.4, 0.5) is 4.39 Å². The van der Waals surface area contributed by atoms with E-state index in [1.165, 1.54) is 0 Å². The molecule has 0 aromatic heterocycles. The molecule has 3 N–H and O–H groups in total. The standard InChI is InChI=1S/C11H12FNO4/c1-2-9(11(16)17)13-10(15)7-4-3-6(14)5-8(7)12/h3-5,9,14H,2H2,1H3,(H,13,15)(H,16,17)/t9-/m0/s1. The van der Waals surface area contributed by atoms with Crippen LogP contribution in [0, 0.1) is 5.82 Å². The van der Waals surface area contributed by atoms with E-state index in [9.17, 15) is 14.0 Å². The van der Waals surface area contributed by atoms with E-state index in [2.05, 4.69) is 5.32 Å². The van der Waals surface area contributed by atoms with Crippen molar-refractivity contribution in [3.05, 3.63) is 29.6 Å². The highest BCUT2D eigenvalue weighted by Crippen LogP contribution is 2.15. The van der Waals surface area contributed by atoms with Gasteiger partial charge in [0.1, 0.15) is 17.6 Å². The molecule has 0 radical (unpaired) electrons. The largest absolute Gasteiger partial charge is 0.508 e. The van der Waals surface area contributed by atoms with Crippen LogP contribution in [0.2, 0.25) is 0 Å². The Bertz CT molecular complexity index is 447. The van der Waals surface area contributed by atoms with Crippen LogP contribution >= 0.6 is 0 Å². The molecule has 5 nitrogen and oxygen atoms in total. The Morgan fingerprint density at radius 3 is 2.59 bits per heavy atom. The average molecular weight is 241 g/mol. The molecule has 0 saturated heterocycles. The Morgan fingerprint density at radius 1 is 1.47 bits per heavy atom. The molecule has 1 atom stereocenters. The highest BCUT2D eigenvalue weighted by molar-refractivity contribution is 5.96. The molecule has 0 heterocycles. The zero-order valence-corrected chi connectivity index (χ0v) is 9.11. The van der Waals surface area contributed by atoms with Crippen LogP contribution in [-0.2, 0) is 4.79 Å². The molecule has 1 aromatic rings. The van der Waals surface area contributed by atoms with Crippen molar-refractivity contribution in [3.63, 3.8) is 0 Å². The quantitative estimate of drug-likeness (QED) is 0.737. The van der Waals surface area contributed by atoms with Crippen molar-refractivity contribution < 1.29 is 24.2 Å². The molecule has 0 fully saturated rings. The number of hydrogen-bond donors (Lipinski definition) is 3. The summed E-state index contributed by atoms with van der Waals surface area (Å²) in [6.45, 7) is 1.59. The fourth-order valence-corrected chi connectivity index (χ4v) is 1.26.